The van der Waals surface area contributed by atoms with E-state index in [9.17, 15) is 9.50 Å². The Morgan fingerprint density at radius 1 is 1.16 bits per heavy atom. The van der Waals surface area contributed by atoms with E-state index in [1.54, 1.807) is 6.07 Å². The van der Waals surface area contributed by atoms with E-state index in [1.807, 2.05) is 34.6 Å². The molecule has 0 aromatic heterocycles. The standard InChI is InChI=1S/C14H20BFO3/c1-9-6-7-11(16)12(10(9)8-17)15-18-13(2,3)14(4,5)19-15/h6-7,17H,8H2,1-5H3. The highest BCUT2D eigenvalue weighted by Gasteiger charge is 2.53. The number of benzene rings is 1. The molecular formula is C14H20BFO3. The van der Waals surface area contributed by atoms with E-state index in [0.717, 1.165) is 5.56 Å². The third-order valence-electron chi connectivity index (χ3n) is 4.19. The van der Waals surface area contributed by atoms with Crippen LogP contribution < -0.4 is 5.46 Å². The Morgan fingerprint density at radius 2 is 1.68 bits per heavy atom. The van der Waals surface area contributed by atoms with Gasteiger partial charge >= 0.3 is 7.12 Å². The second kappa shape index (κ2) is 4.58. The lowest BCUT2D eigenvalue weighted by molar-refractivity contribution is 0.00578. The van der Waals surface area contributed by atoms with Gasteiger partial charge in [0.05, 0.1) is 17.8 Å². The van der Waals surface area contributed by atoms with Crippen LogP contribution >= 0.6 is 0 Å². The van der Waals surface area contributed by atoms with Gasteiger partial charge in [-0.2, -0.15) is 0 Å². The summed E-state index contributed by atoms with van der Waals surface area (Å²) in [5, 5.41) is 9.47. The van der Waals surface area contributed by atoms with Crippen LogP contribution in [0, 0.1) is 12.7 Å². The highest BCUT2D eigenvalue weighted by Crippen LogP contribution is 2.37. The van der Waals surface area contributed by atoms with Crippen molar-refractivity contribution in [3.63, 3.8) is 0 Å². The fourth-order valence-corrected chi connectivity index (χ4v) is 2.17. The molecule has 0 bridgehead atoms. The van der Waals surface area contributed by atoms with Crippen molar-refractivity contribution in [1.29, 1.82) is 0 Å². The molecule has 1 heterocycles. The molecule has 5 heteroatoms. The molecule has 2 rings (SSSR count). The number of aliphatic hydroxyl groups excluding tert-OH is 1. The zero-order valence-corrected chi connectivity index (χ0v) is 12.1. The molecule has 1 saturated heterocycles. The van der Waals surface area contributed by atoms with Gasteiger partial charge in [-0.25, -0.2) is 4.39 Å². The van der Waals surface area contributed by atoms with E-state index in [1.165, 1.54) is 6.07 Å². The fraction of sp³-hybridized carbons (Fsp3) is 0.571. The van der Waals surface area contributed by atoms with Crippen molar-refractivity contribution in [3.05, 3.63) is 29.1 Å². The topological polar surface area (TPSA) is 38.7 Å². The summed E-state index contributed by atoms with van der Waals surface area (Å²) in [5.74, 6) is -0.409. The first kappa shape index (κ1) is 14.5. The van der Waals surface area contributed by atoms with E-state index in [4.69, 9.17) is 9.31 Å². The van der Waals surface area contributed by atoms with Gasteiger partial charge in [-0.05, 0) is 51.8 Å². The van der Waals surface area contributed by atoms with E-state index in [0.29, 0.717) is 11.0 Å². The van der Waals surface area contributed by atoms with Crippen LogP contribution in [-0.2, 0) is 15.9 Å². The zero-order chi connectivity index (χ0) is 14.4. The first-order valence-corrected chi connectivity index (χ1v) is 6.44. The molecule has 104 valence electrons. The van der Waals surface area contributed by atoms with E-state index < -0.39 is 24.1 Å². The maximum absolute atomic E-state index is 14.1. The first-order chi connectivity index (χ1) is 8.69. The molecule has 1 N–H and O–H groups in total. The van der Waals surface area contributed by atoms with Crippen LogP contribution in [-0.4, -0.2) is 23.4 Å². The minimum Gasteiger partial charge on any atom is -0.399 e. The van der Waals surface area contributed by atoms with Gasteiger partial charge < -0.3 is 14.4 Å². The predicted molar refractivity (Wildman–Crippen MR) is 72.8 cm³/mol. The smallest absolute Gasteiger partial charge is 0.399 e. The van der Waals surface area contributed by atoms with Crippen LogP contribution in [0.5, 0.6) is 0 Å². The number of halogens is 1. The Hall–Kier alpha value is -0.905. The molecule has 0 saturated carbocycles. The fourth-order valence-electron chi connectivity index (χ4n) is 2.17. The minimum atomic E-state index is -0.785. The molecule has 0 atom stereocenters. The van der Waals surface area contributed by atoms with Gasteiger partial charge in [0, 0.05) is 5.46 Å². The van der Waals surface area contributed by atoms with Crippen LogP contribution in [0.2, 0.25) is 0 Å². The summed E-state index contributed by atoms with van der Waals surface area (Å²) < 4.78 is 25.8. The normalized spacial score (nSPS) is 20.9. The lowest BCUT2D eigenvalue weighted by atomic mass is 9.74. The second-order valence-corrected chi connectivity index (χ2v) is 6.00. The Morgan fingerprint density at radius 3 is 2.16 bits per heavy atom. The van der Waals surface area contributed by atoms with Crippen molar-refractivity contribution in [1.82, 2.24) is 0 Å². The number of hydrogen-bond acceptors (Lipinski definition) is 3. The molecule has 3 nitrogen and oxygen atoms in total. The van der Waals surface area contributed by atoms with Gasteiger partial charge in [-0.15, -0.1) is 0 Å². The quantitative estimate of drug-likeness (QED) is 0.831. The molecule has 0 spiro atoms. The summed E-state index contributed by atoms with van der Waals surface area (Å²) in [6.07, 6.45) is 0. The molecule has 1 aromatic rings. The van der Waals surface area contributed by atoms with E-state index in [2.05, 4.69) is 0 Å². The maximum Gasteiger partial charge on any atom is 0.498 e. The summed E-state index contributed by atoms with van der Waals surface area (Å²) in [6, 6.07) is 3.03. The van der Waals surface area contributed by atoms with Crippen molar-refractivity contribution < 1.29 is 18.8 Å². The van der Waals surface area contributed by atoms with Crippen LogP contribution in [0.25, 0.3) is 0 Å². The monoisotopic (exact) mass is 266 g/mol. The van der Waals surface area contributed by atoms with Crippen molar-refractivity contribution in [2.24, 2.45) is 0 Å². The third kappa shape index (κ3) is 2.31. The van der Waals surface area contributed by atoms with Crippen LogP contribution in [0.4, 0.5) is 4.39 Å². The molecular weight excluding hydrogens is 246 g/mol. The second-order valence-electron chi connectivity index (χ2n) is 6.00. The largest absolute Gasteiger partial charge is 0.498 e. The summed E-state index contributed by atoms with van der Waals surface area (Å²) in [6.45, 7) is 9.26. The van der Waals surface area contributed by atoms with Gasteiger partial charge in [0.25, 0.3) is 0 Å². The SMILES string of the molecule is Cc1ccc(F)c(B2OC(C)(C)C(C)(C)O2)c1CO. The summed E-state index contributed by atoms with van der Waals surface area (Å²) in [7, 11) is -0.785. The lowest BCUT2D eigenvalue weighted by Crippen LogP contribution is -2.41. The lowest BCUT2D eigenvalue weighted by Gasteiger charge is -2.32. The highest BCUT2D eigenvalue weighted by molar-refractivity contribution is 6.62. The minimum absolute atomic E-state index is 0.233. The number of aliphatic hydroxyl groups is 1. The number of rotatable bonds is 2. The van der Waals surface area contributed by atoms with Crippen molar-refractivity contribution in [2.45, 2.75) is 52.4 Å². The van der Waals surface area contributed by atoms with Crippen LogP contribution in [0.15, 0.2) is 12.1 Å². The summed E-state index contributed by atoms with van der Waals surface area (Å²) >= 11 is 0. The van der Waals surface area contributed by atoms with Crippen LogP contribution in [0.3, 0.4) is 0 Å². The van der Waals surface area contributed by atoms with Crippen molar-refractivity contribution in [2.75, 3.05) is 0 Å². The molecule has 0 aliphatic carbocycles. The summed E-state index contributed by atoms with van der Waals surface area (Å²) in [5.41, 5.74) is 0.620. The van der Waals surface area contributed by atoms with Gasteiger partial charge in [0.1, 0.15) is 5.82 Å². The van der Waals surface area contributed by atoms with Gasteiger partial charge in [-0.3, -0.25) is 0 Å². The molecule has 0 radical (unpaired) electrons. The summed E-state index contributed by atoms with van der Waals surface area (Å²) in [4.78, 5) is 0. The molecule has 19 heavy (non-hydrogen) atoms. The van der Waals surface area contributed by atoms with Gasteiger partial charge in [0.15, 0.2) is 0 Å². The van der Waals surface area contributed by atoms with Crippen molar-refractivity contribution >= 4 is 12.6 Å². The van der Waals surface area contributed by atoms with Gasteiger partial charge in [-0.1, -0.05) is 6.07 Å². The number of hydrogen-bond donors (Lipinski definition) is 1. The van der Waals surface area contributed by atoms with E-state index >= 15 is 0 Å². The van der Waals surface area contributed by atoms with Crippen molar-refractivity contribution in [3.8, 4) is 0 Å². The molecule has 0 amide bonds. The Bertz CT molecular complexity index is 484. The number of aryl methyl sites for hydroxylation is 1. The molecule has 0 unspecified atom stereocenters. The molecule has 1 aliphatic heterocycles. The molecule has 1 aromatic carbocycles. The van der Waals surface area contributed by atoms with Crippen LogP contribution in [0.1, 0.15) is 38.8 Å². The zero-order valence-electron chi connectivity index (χ0n) is 12.1. The Kier molecular flexibility index (Phi) is 3.50. The maximum atomic E-state index is 14.1. The molecule has 1 aliphatic rings. The average Bonchev–Trinajstić information content (AvgIpc) is 2.50. The highest BCUT2D eigenvalue weighted by atomic mass is 19.1. The first-order valence-electron chi connectivity index (χ1n) is 6.44. The average molecular weight is 266 g/mol. The Balaban J connectivity index is 2.48. The molecule has 1 fully saturated rings. The Labute approximate surface area is 113 Å². The predicted octanol–water partition coefficient (Wildman–Crippen LogP) is 1.93. The van der Waals surface area contributed by atoms with Gasteiger partial charge in [0.2, 0.25) is 0 Å². The third-order valence-corrected chi connectivity index (χ3v) is 4.19. The van der Waals surface area contributed by atoms with E-state index in [-0.39, 0.29) is 6.61 Å².